The molecule has 0 atom stereocenters. The lowest BCUT2D eigenvalue weighted by atomic mass is 9.94. The molecule has 0 spiro atoms. The van der Waals surface area contributed by atoms with Crippen LogP contribution in [0.3, 0.4) is 0 Å². The standard InChI is InChI=1S/C22H36N4O2/c1-2-28-18-8-13-23-22(24-20-11-6-7-12-21(20)27)26-16-14-25(15-17-26)19-9-4-3-5-10-19/h6-7,11-12,19,27H,2-5,8-10,13-18H2,1H3,(H,23,24). The van der Waals surface area contributed by atoms with Gasteiger partial charge in [0.2, 0.25) is 0 Å². The first kappa shape index (κ1) is 20.9. The van der Waals surface area contributed by atoms with Crippen LogP contribution < -0.4 is 5.32 Å². The average molecular weight is 389 g/mol. The van der Waals surface area contributed by atoms with Crippen molar-refractivity contribution in [1.82, 2.24) is 9.80 Å². The van der Waals surface area contributed by atoms with Crippen LogP contribution in [0.15, 0.2) is 29.3 Å². The molecule has 6 nitrogen and oxygen atoms in total. The van der Waals surface area contributed by atoms with Crippen LogP contribution in [-0.4, -0.2) is 72.8 Å². The van der Waals surface area contributed by atoms with Crippen molar-refractivity contribution in [2.45, 2.75) is 51.5 Å². The maximum absolute atomic E-state index is 10.1. The number of ether oxygens (including phenoxy) is 1. The number of nitrogens with zero attached hydrogens (tertiary/aromatic N) is 3. The number of aliphatic imine (C=N–C) groups is 1. The van der Waals surface area contributed by atoms with Gasteiger partial charge in [0.15, 0.2) is 5.96 Å². The predicted octanol–water partition coefficient (Wildman–Crippen LogP) is 3.54. The van der Waals surface area contributed by atoms with Crippen molar-refractivity contribution in [3.05, 3.63) is 24.3 Å². The molecular weight excluding hydrogens is 352 g/mol. The van der Waals surface area contributed by atoms with Gasteiger partial charge >= 0.3 is 0 Å². The van der Waals surface area contributed by atoms with Gasteiger partial charge in [-0.3, -0.25) is 9.89 Å². The molecule has 1 heterocycles. The number of hydrogen-bond acceptors (Lipinski definition) is 4. The highest BCUT2D eigenvalue weighted by Gasteiger charge is 2.26. The monoisotopic (exact) mass is 388 g/mol. The van der Waals surface area contributed by atoms with Crippen LogP contribution in [0.5, 0.6) is 5.75 Å². The quantitative estimate of drug-likeness (QED) is 0.324. The number of guanidine groups is 1. The Bertz CT molecular complexity index is 608. The Morgan fingerprint density at radius 1 is 1.14 bits per heavy atom. The molecule has 1 aromatic rings. The smallest absolute Gasteiger partial charge is 0.198 e. The first-order valence-corrected chi connectivity index (χ1v) is 10.9. The Balaban J connectivity index is 1.59. The van der Waals surface area contributed by atoms with Crippen LogP contribution in [0.25, 0.3) is 0 Å². The highest BCUT2D eigenvalue weighted by Crippen LogP contribution is 2.25. The Hall–Kier alpha value is -1.79. The van der Waals surface area contributed by atoms with Gasteiger partial charge in [0.1, 0.15) is 5.75 Å². The molecule has 1 saturated carbocycles. The highest BCUT2D eigenvalue weighted by atomic mass is 16.5. The van der Waals surface area contributed by atoms with E-state index in [1.807, 2.05) is 25.1 Å². The van der Waals surface area contributed by atoms with E-state index in [1.165, 1.54) is 32.1 Å². The maximum atomic E-state index is 10.1. The lowest BCUT2D eigenvalue weighted by Crippen LogP contribution is -2.53. The summed E-state index contributed by atoms with van der Waals surface area (Å²) in [7, 11) is 0. The number of aromatic hydroxyl groups is 1. The third kappa shape index (κ3) is 6.11. The predicted molar refractivity (Wildman–Crippen MR) is 115 cm³/mol. The summed E-state index contributed by atoms with van der Waals surface area (Å²) in [4.78, 5) is 9.81. The molecule has 1 aromatic carbocycles. The van der Waals surface area contributed by atoms with E-state index in [0.29, 0.717) is 5.69 Å². The van der Waals surface area contributed by atoms with Gasteiger partial charge < -0.3 is 20.1 Å². The summed E-state index contributed by atoms with van der Waals surface area (Å²) in [5.41, 5.74) is 0.709. The molecule has 2 fully saturated rings. The number of hydrogen-bond donors (Lipinski definition) is 2. The fraction of sp³-hybridized carbons (Fsp3) is 0.682. The van der Waals surface area contributed by atoms with E-state index in [0.717, 1.165) is 64.4 Å². The van der Waals surface area contributed by atoms with Crippen molar-refractivity contribution in [3.8, 4) is 5.75 Å². The molecule has 6 heteroatoms. The van der Waals surface area contributed by atoms with E-state index in [-0.39, 0.29) is 5.75 Å². The molecule has 156 valence electrons. The number of benzene rings is 1. The van der Waals surface area contributed by atoms with Crippen LogP contribution in [0, 0.1) is 0 Å². The SMILES string of the molecule is CCOCCCN=C(Nc1ccccc1O)N1CCN(C2CCCCC2)CC1. The largest absolute Gasteiger partial charge is 0.506 e. The van der Waals surface area contributed by atoms with Crippen LogP contribution in [-0.2, 0) is 4.74 Å². The summed E-state index contributed by atoms with van der Waals surface area (Å²) >= 11 is 0. The molecule has 1 aliphatic carbocycles. The minimum absolute atomic E-state index is 0.255. The zero-order valence-electron chi connectivity index (χ0n) is 17.3. The van der Waals surface area contributed by atoms with Crippen LogP contribution in [0.1, 0.15) is 45.4 Å². The van der Waals surface area contributed by atoms with Gasteiger partial charge in [-0.05, 0) is 38.3 Å². The zero-order valence-corrected chi connectivity index (χ0v) is 17.3. The van der Waals surface area contributed by atoms with E-state index >= 15 is 0 Å². The first-order valence-electron chi connectivity index (χ1n) is 10.9. The van der Waals surface area contributed by atoms with Gasteiger partial charge in [0.25, 0.3) is 0 Å². The maximum Gasteiger partial charge on any atom is 0.198 e. The fourth-order valence-electron chi connectivity index (χ4n) is 4.16. The topological polar surface area (TPSA) is 60.3 Å². The third-order valence-electron chi connectivity index (χ3n) is 5.77. The van der Waals surface area contributed by atoms with Gasteiger partial charge in [-0.1, -0.05) is 31.4 Å². The Morgan fingerprint density at radius 2 is 1.89 bits per heavy atom. The number of phenols is 1. The number of piperazine rings is 1. The summed E-state index contributed by atoms with van der Waals surface area (Å²) in [6, 6.07) is 8.13. The summed E-state index contributed by atoms with van der Waals surface area (Å²) in [6.45, 7) is 8.34. The lowest BCUT2D eigenvalue weighted by Gasteiger charge is -2.41. The van der Waals surface area contributed by atoms with Gasteiger partial charge in [0, 0.05) is 52.0 Å². The van der Waals surface area contributed by atoms with Gasteiger partial charge in [-0.25, -0.2) is 0 Å². The Kier molecular flexibility index (Phi) is 8.42. The molecule has 0 amide bonds. The van der Waals surface area contributed by atoms with Gasteiger partial charge in [-0.2, -0.15) is 0 Å². The van der Waals surface area contributed by atoms with Gasteiger partial charge in [-0.15, -0.1) is 0 Å². The molecule has 2 aliphatic rings. The summed E-state index contributed by atoms with van der Waals surface area (Å²) in [6.07, 6.45) is 7.78. The van der Waals surface area contributed by atoms with Crippen molar-refractivity contribution in [1.29, 1.82) is 0 Å². The third-order valence-corrected chi connectivity index (χ3v) is 5.77. The number of para-hydroxylation sites is 2. The normalized spacial score (nSPS) is 19.8. The number of nitrogens with one attached hydrogen (secondary N) is 1. The van der Waals surface area contributed by atoms with E-state index in [1.54, 1.807) is 6.07 Å². The average Bonchev–Trinajstić information content (AvgIpc) is 2.75. The summed E-state index contributed by atoms with van der Waals surface area (Å²) in [5, 5.41) is 13.5. The van der Waals surface area contributed by atoms with E-state index in [4.69, 9.17) is 9.73 Å². The van der Waals surface area contributed by atoms with Gasteiger partial charge in [0.05, 0.1) is 5.69 Å². The molecule has 1 saturated heterocycles. The molecule has 2 N–H and O–H groups in total. The first-order chi connectivity index (χ1) is 13.8. The van der Waals surface area contributed by atoms with Crippen molar-refractivity contribution in [3.63, 3.8) is 0 Å². The molecule has 0 aromatic heterocycles. The molecule has 0 unspecified atom stereocenters. The summed E-state index contributed by atoms with van der Waals surface area (Å²) < 4.78 is 5.43. The Morgan fingerprint density at radius 3 is 2.61 bits per heavy atom. The second kappa shape index (κ2) is 11.3. The minimum atomic E-state index is 0.255. The van der Waals surface area contributed by atoms with Crippen molar-refractivity contribution < 1.29 is 9.84 Å². The summed E-state index contributed by atoms with van der Waals surface area (Å²) in [5.74, 6) is 1.12. The van der Waals surface area contributed by atoms with E-state index in [2.05, 4.69) is 15.1 Å². The van der Waals surface area contributed by atoms with Crippen LogP contribution >= 0.6 is 0 Å². The van der Waals surface area contributed by atoms with Crippen molar-refractivity contribution >= 4 is 11.6 Å². The zero-order chi connectivity index (χ0) is 19.6. The molecule has 28 heavy (non-hydrogen) atoms. The molecule has 3 rings (SSSR count). The van der Waals surface area contributed by atoms with E-state index < -0.39 is 0 Å². The molecule has 1 aliphatic heterocycles. The van der Waals surface area contributed by atoms with Crippen LogP contribution in [0.2, 0.25) is 0 Å². The Labute approximate surface area is 169 Å². The molecular formula is C22H36N4O2. The van der Waals surface area contributed by atoms with Crippen molar-refractivity contribution in [2.24, 2.45) is 4.99 Å². The number of phenolic OH excluding ortho intramolecular Hbond substituents is 1. The molecule has 0 bridgehead atoms. The lowest BCUT2D eigenvalue weighted by molar-refractivity contribution is 0.107. The van der Waals surface area contributed by atoms with Crippen molar-refractivity contribution in [2.75, 3.05) is 51.3 Å². The van der Waals surface area contributed by atoms with Crippen LogP contribution in [0.4, 0.5) is 5.69 Å². The second-order valence-corrected chi connectivity index (χ2v) is 7.71. The highest BCUT2D eigenvalue weighted by molar-refractivity contribution is 5.95. The number of anilines is 1. The van der Waals surface area contributed by atoms with E-state index in [9.17, 15) is 5.11 Å². The fourth-order valence-corrected chi connectivity index (χ4v) is 4.16. The minimum Gasteiger partial charge on any atom is -0.506 e. The number of rotatable bonds is 7. The second-order valence-electron chi connectivity index (χ2n) is 7.71. The molecule has 0 radical (unpaired) electrons.